The quantitative estimate of drug-likeness (QED) is 0.379. The van der Waals surface area contributed by atoms with E-state index in [1.54, 1.807) is 36.7 Å². The summed E-state index contributed by atoms with van der Waals surface area (Å²) in [4.78, 5) is 26.2. The van der Waals surface area contributed by atoms with Gasteiger partial charge in [-0.05, 0) is 48.0 Å². The highest BCUT2D eigenvalue weighted by Crippen LogP contribution is 2.23. The second kappa shape index (κ2) is 8.29. The van der Waals surface area contributed by atoms with Gasteiger partial charge in [0.2, 0.25) is 5.43 Å². The number of aryl methyl sites for hydroxylation is 2. The van der Waals surface area contributed by atoms with E-state index in [1.807, 2.05) is 18.4 Å². The molecule has 0 aliphatic carbocycles. The van der Waals surface area contributed by atoms with E-state index in [1.165, 1.54) is 0 Å². The van der Waals surface area contributed by atoms with Crippen molar-refractivity contribution in [1.29, 1.82) is 0 Å². The van der Waals surface area contributed by atoms with Gasteiger partial charge in [0.15, 0.2) is 5.82 Å². The van der Waals surface area contributed by atoms with Crippen molar-refractivity contribution in [2.45, 2.75) is 20.4 Å². The first-order valence-corrected chi connectivity index (χ1v) is 10.5. The van der Waals surface area contributed by atoms with Crippen LogP contribution < -0.4 is 5.43 Å². The minimum absolute atomic E-state index is 0.182. The highest BCUT2D eigenvalue weighted by Gasteiger charge is 2.16. The number of aromatic nitrogens is 5. The van der Waals surface area contributed by atoms with Gasteiger partial charge in [0.05, 0.1) is 21.7 Å². The first kappa shape index (κ1) is 20.7. The van der Waals surface area contributed by atoms with E-state index < -0.39 is 0 Å². The third-order valence-electron chi connectivity index (χ3n) is 4.53. The fourth-order valence-electron chi connectivity index (χ4n) is 2.95. The number of halogens is 3. The number of aliphatic imine (C=N–C) groups is 1. The van der Waals surface area contributed by atoms with Crippen LogP contribution in [0, 0.1) is 6.92 Å². The number of nitrogens with one attached hydrogen (secondary N) is 1. The molecule has 4 aromatic rings. The highest BCUT2D eigenvalue weighted by molar-refractivity contribution is 9.10. The van der Waals surface area contributed by atoms with Crippen LogP contribution in [0.25, 0.3) is 22.4 Å². The fourth-order valence-corrected chi connectivity index (χ4v) is 3.72. The summed E-state index contributed by atoms with van der Waals surface area (Å²) in [6, 6.07) is 6.88. The van der Waals surface area contributed by atoms with Crippen LogP contribution in [0.3, 0.4) is 0 Å². The van der Waals surface area contributed by atoms with Crippen LogP contribution in [0.1, 0.15) is 18.2 Å². The Labute approximate surface area is 189 Å². The summed E-state index contributed by atoms with van der Waals surface area (Å²) in [5, 5.41) is 8.39. The lowest BCUT2D eigenvalue weighted by molar-refractivity contribution is 0.775. The normalized spacial score (nSPS) is 11.6. The van der Waals surface area contributed by atoms with Gasteiger partial charge >= 0.3 is 0 Å². The summed E-state index contributed by atoms with van der Waals surface area (Å²) in [6.45, 7) is 4.51. The topological polar surface area (TPSA) is 88.8 Å². The van der Waals surface area contributed by atoms with Crippen molar-refractivity contribution < 1.29 is 0 Å². The van der Waals surface area contributed by atoms with Gasteiger partial charge in [-0.25, -0.2) is 9.98 Å². The first-order chi connectivity index (χ1) is 14.4. The van der Waals surface area contributed by atoms with Gasteiger partial charge in [0, 0.05) is 34.0 Å². The molecule has 0 fully saturated rings. The third-order valence-corrected chi connectivity index (χ3v) is 5.89. The number of hydrogen-bond donors (Lipinski definition) is 1. The van der Waals surface area contributed by atoms with Crippen LogP contribution in [-0.4, -0.2) is 30.9 Å². The molecule has 3 aromatic heterocycles. The Kier molecular flexibility index (Phi) is 5.73. The lowest BCUT2D eigenvalue weighted by Crippen LogP contribution is -2.14. The molecule has 0 spiro atoms. The molecule has 1 N–H and O–H groups in total. The zero-order chi connectivity index (χ0) is 21.4. The number of hydrogen-bond acceptors (Lipinski definition) is 5. The lowest BCUT2D eigenvalue weighted by Gasteiger charge is -2.11. The molecule has 10 heteroatoms. The van der Waals surface area contributed by atoms with Gasteiger partial charge in [-0.3, -0.25) is 9.89 Å². The number of aromatic amines is 1. The maximum atomic E-state index is 13.1. The molecular formula is C20H15BrCl2N6O. The van der Waals surface area contributed by atoms with Gasteiger partial charge in [-0.2, -0.15) is 4.98 Å². The van der Waals surface area contributed by atoms with Crippen LogP contribution >= 0.6 is 39.1 Å². The molecule has 30 heavy (non-hydrogen) atoms. The molecule has 0 saturated carbocycles. The molecule has 0 aliphatic rings. The predicted octanol–water partition coefficient (Wildman–Crippen LogP) is 5.33. The average molecular weight is 506 g/mol. The lowest BCUT2D eigenvalue weighted by atomic mass is 10.1. The first-order valence-electron chi connectivity index (χ1n) is 8.99. The van der Waals surface area contributed by atoms with Crippen LogP contribution in [-0.2, 0) is 6.54 Å². The van der Waals surface area contributed by atoms with E-state index in [-0.39, 0.29) is 11.4 Å². The Bertz CT molecular complexity index is 1360. The zero-order valence-corrected chi connectivity index (χ0v) is 19.0. The molecule has 0 radical (unpaired) electrons. The number of benzene rings is 1. The minimum atomic E-state index is -0.185. The summed E-state index contributed by atoms with van der Waals surface area (Å²) < 4.78 is 2.68. The average Bonchev–Trinajstić information content (AvgIpc) is 3.18. The van der Waals surface area contributed by atoms with Crippen LogP contribution in [0.4, 0.5) is 5.95 Å². The van der Waals surface area contributed by atoms with Crippen molar-refractivity contribution in [1.82, 2.24) is 24.7 Å². The fraction of sp³-hybridized carbons (Fsp3) is 0.150. The van der Waals surface area contributed by atoms with Crippen LogP contribution in [0.15, 0.2) is 44.7 Å². The van der Waals surface area contributed by atoms with Gasteiger partial charge < -0.3 is 4.57 Å². The smallest absolute Gasteiger partial charge is 0.268 e. The second-order valence-electron chi connectivity index (χ2n) is 6.49. The molecule has 7 nitrogen and oxygen atoms in total. The van der Waals surface area contributed by atoms with E-state index in [4.69, 9.17) is 23.2 Å². The van der Waals surface area contributed by atoms with Gasteiger partial charge in [-0.1, -0.05) is 29.3 Å². The zero-order valence-electron chi connectivity index (χ0n) is 15.9. The third kappa shape index (κ3) is 3.90. The Morgan fingerprint density at radius 1 is 1.27 bits per heavy atom. The van der Waals surface area contributed by atoms with Crippen LogP contribution in [0.2, 0.25) is 10.0 Å². The maximum Gasteiger partial charge on any atom is 0.268 e. The summed E-state index contributed by atoms with van der Waals surface area (Å²) in [5.74, 6) is 0.511. The summed E-state index contributed by atoms with van der Waals surface area (Å²) >= 11 is 15.5. The van der Waals surface area contributed by atoms with Crippen molar-refractivity contribution >= 4 is 62.3 Å². The molecule has 152 valence electrons. The van der Waals surface area contributed by atoms with Crippen molar-refractivity contribution in [3.8, 4) is 11.4 Å². The standard InChI is InChI=1S/C20H15BrCl2N6O/c1-3-29-9-14(17(30)13-7-15(21)10(2)25-19(13)29)18-26-20(28-27-18)24-8-11-4-5-12(22)6-16(11)23/h4-9H,3H2,1-2H3,(H,26,27,28). The highest BCUT2D eigenvalue weighted by atomic mass is 79.9. The largest absolute Gasteiger partial charge is 0.332 e. The van der Waals surface area contributed by atoms with E-state index in [0.717, 1.165) is 10.2 Å². The maximum absolute atomic E-state index is 13.1. The van der Waals surface area contributed by atoms with Crippen molar-refractivity contribution in [3.63, 3.8) is 0 Å². The molecule has 4 rings (SSSR count). The van der Waals surface area contributed by atoms with E-state index in [9.17, 15) is 4.79 Å². The van der Waals surface area contributed by atoms with E-state index >= 15 is 0 Å². The minimum Gasteiger partial charge on any atom is -0.332 e. The molecule has 0 bridgehead atoms. The molecule has 3 heterocycles. The van der Waals surface area contributed by atoms with Crippen molar-refractivity contribution in [2.75, 3.05) is 0 Å². The predicted molar refractivity (Wildman–Crippen MR) is 123 cm³/mol. The monoisotopic (exact) mass is 504 g/mol. The summed E-state index contributed by atoms with van der Waals surface area (Å²) in [7, 11) is 0. The molecular weight excluding hydrogens is 491 g/mol. The number of pyridine rings is 2. The van der Waals surface area contributed by atoms with Crippen LogP contribution in [0.5, 0.6) is 0 Å². The number of rotatable bonds is 4. The molecule has 1 aromatic carbocycles. The number of fused-ring (bicyclic) bond motifs is 1. The number of H-pyrrole nitrogens is 1. The summed E-state index contributed by atoms with van der Waals surface area (Å²) in [5.41, 5.74) is 2.32. The van der Waals surface area contributed by atoms with Gasteiger partial charge in [-0.15, -0.1) is 5.10 Å². The van der Waals surface area contributed by atoms with E-state index in [0.29, 0.717) is 44.6 Å². The summed E-state index contributed by atoms with van der Waals surface area (Å²) in [6.07, 6.45) is 3.27. The van der Waals surface area contributed by atoms with Crippen molar-refractivity contribution in [2.24, 2.45) is 4.99 Å². The molecule has 0 amide bonds. The molecule has 0 atom stereocenters. The number of nitrogens with zero attached hydrogens (tertiary/aromatic N) is 5. The Morgan fingerprint density at radius 2 is 2.07 bits per heavy atom. The SMILES string of the molecule is CCn1cc(-c2nc(N=Cc3ccc(Cl)cc3Cl)n[nH]2)c(=O)c2cc(Br)c(C)nc21. The van der Waals surface area contributed by atoms with E-state index in [2.05, 4.69) is 41.1 Å². The Morgan fingerprint density at radius 3 is 2.80 bits per heavy atom. The Balaban J connectivity index is 1.76. The Hall–Kier alpha value is -2.55. The molecule has 0 saturated heterocycles. The second-order valence-corrected chi connectivity index (χ2v) is 8.19. The van der Waals surface area contributed by atoms with Gasteiger partial charge in [0.1, 0.15) is 5.65 Å². The molecule has 0 unspecified atom stereocenters. The molecule has 0 aliphatic heterocycles. The van der Waals surface area contributed by atoms with Crippen molar-refractivity contribution in [3.05, 3.63) is 66.5 Å². The van der Waals surface area contributed by atoms with Gasteiger partial charge in [0.25, 0.3) is 5.95 Å².